The first kappa shape index (κ1) is 15.2. The van der Waals surface area contributed by atoms with E-state index in [2.05, 4.69) is 9.97 Å². The first-order chi connectivity index (χ1) is 10.4. The van der Waals surface area contributed by atoms with Gasteiger partial charge in [-0.05, 0) is 24.3 Å². The molecule has 0 fully saturated rings. The Morgan fingerprint density at radius 1 is 1.27 bits per heavy atom. The summed E-state index contributed by atoms with van der Waals surface area (Å²) in [6.45, 7) is 0.448. The zero-order valence-corrected chi connectivity index (χ0v) is 12.1. The fraction of sp³-hybridized carbons (Fsp3) is 0.143. The van der Waals surface area contributed by atoms with Crippen LogP contribution in [0.15, 0.2) is 30.5 Å². The zero-order valence-electron chi connectivity index (χ0n) is 12.1. The minimum atomic E-state index is -0.468. The Balaban J connectivity index is 2.18. The van der Waals surface area contributed by atoms with E-state index in [-0.39, 0.29) is 17.3 Å². The van der Waals surface area contributed by atoms with Gasteiger partial charge in [-0.3, -0.25) is 10.2 Å². The van der Waals surface area contributed by atoms with E-state index in [1.807, 2.05) is 11.9 Å². The first-order valence-electron chi connectivity index (χ1n) is 6.45. The number of nitrogens with two attached hydrogens (primary N) is 3. The number of carbonyl (C=O) groups is 1. The van der Waals surface area contributed by atoms with Crippen molar-refractivity contribution in [1.82, 2.24) is 9.97 Å². The summed E-state index contributed by atoms with van der Waals surface area (Å²) < 4.78 is 0. The van der Waals surface area contributed by atoms with E-state index in [1.54, 1.807) is 24.3 Å². The van der Waals surface area contributed by atoms with Gasteiger partial charge in [0.15, 0.2) is 5.82 Å². The van der Waals surface area contributed by atoms with Crippen LogP contribution in [0.5, 0.6) is 0 Å². The monoisotopic (exact) mass is 299 g/mol. The molecule has 2 aromatic rings. The van der Waals surface area contributed by atoms with E-state index in [1.165, 1.54) is 6.20 Å². The third kappa shape index (κ3) is 3.29. The number of rotatable bonds is 5. The van der Waals surface area contributed by atoms with Gasteiger partial charge in [-0.1, -0.05) is 0 Å². The number of primary amides is 1. The summed E-state index contributed by atoms with van der Waals surface area (Å²) in [6, 6.07) is 6.89. The molecule has 2 rings (SSSR count). The van der Waals surface area contributed by atoms with Gasteiger partial charge in [0, 0.05) is 18.3 Å². The maximum Gasteiger partial charge on any atom is 0.248 e. The molecule has 8 nitrogen and oxygen atoms in total. The van der Waals surface area contributed by atoms with Crippen LogP contribution in [0.25, 0.3) is 0 Å². The molecule has 1 aromatic heterocycles. The molecule has 8 heteroatoms. The van der Waals surface area contributed by atoms with Crippen molar-refractivity contribution in [2.24, 2.45) is 11.5 Å². The summed E-state index contributed by atoms with van der Waals surface area (Å²) in [7, 11) is 1.87. The van der Waals surface area contributed by atoms with E-state index in [0.717, 1.165) is 5.69 Å². The van der Waals surface area contributed by atoms with Crippen molar-refractivity contribution in [3.05, 3.63) is 47.4 Å². The van der Waals surface area contributed by atoms with Crippen molar-refractivity contribution in [2.75, 3.05) is 17.7 Å². The van der Waals surface area contributed by atoms with Gasteiger partial charge in [-0.25, -0.2) is 9.97 Å². The van der Waals surface area contributed by atoms with E-state index in [9.17, 15) is 4.79 Å². The van der Waals surface area contributed by atoms with Crippen LogP contribution in [0, 0.1) is 5.41 Å². The van der Waals surface area contributed by atoms with Crippen molar-refractivity contribution in [1.29, 1.82) is 5.41 Å². The lowest BCUT2D eigenvalue weighted by molar-refractivity contribution is 0.100. The van der Waals surface area contributed by atoms with Crippen molar-refractivity contribution in [3.8, 4) is 0 Å². The summed E-state index contributed by atoms with van der Waals surface area (Å²) in [5.41, 5.74) is 18.4. The van der Waals surface area contributed by atoms with E-state index in [4.69, 9.17) is 22.6 Å². The number of benzene rings is 1. The van der Waals surface area contributed by atoms with Crippen LogP contribution in [0.1, 0.15) is 21.7 Å². The highest BCUT2D eigenvalue weighted by atomic mass is 16.1. The van der Waals surface area contributed by atoms with Crippen molar-refractivity contribution < 1.29 is 4.79 Å². The minimum Gasteiger partial charge on any atom is -0.382 e. The van der Waals surface area contributed by atoms with E-state index >= 15 is 0 Å². The highest BCUT2D eigenvalue weighted by Gasteiger charge is 2.10. The Hall–Kier alpha value is -3.16. The number of carbonyl (C=O) groups excluding carboxylic acids is 1. The molecule has 0 aliphatic heterocycles. The molecular formula is C14H17N7O. The highest BCUT2D eigenvalue weighted by molar-refractivity contribution is 5.97. The van der Waals surface area contributed by atoms with Crippen LogP contribution < -0.4 is 22.1 Å². The number of hydrogen-bond donors (Lipinski definition) is 4. The number of nitrogen functional groups attached to an aromatic ring is 2. The molecule has 1 amide bonds. The fourth-order valence-corrected chi connectivity index (χ4v) is 1.92. The molecule has 0 atom stereocenters. The molecule has 0 bridgehead atoms. The molecule has 1 aromatic carbocycles. The SMILES string of the molecule is CN(Cc1cnc(N)c(C(=N)N)n1)c1ccc(C(N)=O)cc1. The van der Waals surface area contributed by atoms with Crippen LogP contribution >= 0.6 is 0 Å². The molecule has 1 heterocycles. The Morgan fingerprint density at radius 3 is 2.45 bits per heavy atom. The average Bonchev–Trinajstić information content (AvgIpc) is 2.49. The van der Waals surface area contributed by atoms with Crippen molar-refractivity contribution >= 4 is 23.2 Å². The zero-order chi connectivity index (χ0) is 16.3. The van der Waals surface area contributed by atoms with Gasteiger partial charge in [-0.2, -0.15) is 0 Å². The molecule has 0 aliphatic rings. The van der Waals surface area contributed by atoms with Gasteiger partial charge in [0.1, 0.15) is 11.5 Å². The summed E-state index contributed by atoms with van der Waals surface area (Å²) >= 11 is 0. The molecule has 114 valence electrons. The quantitative estimate of drug-likeness (QED) is 0.454. The number of anilines is 2. The van der Waals surface area contributed by atoms with Gasteiger partial charge >= 0.3 is 0 Å². The topological polar surface area (TPSA) is 148 Å². The van der Waals surface area contributed by atoms with E-state index in [0.29, 0.717) is 17.8 Å². The molecule has 0 saturated heterocycles. The summed E-state index contributed by atoms with van der Waals surface area (Å²) in [4.78, 5) is 21.2. The van der Waals surface area contributed by atoms with Crippen LogP contribution in [0.2, 0.25) is 0 Å². The largest absolute Gasteiger partial charge is 0.382 e. The standard InChI is InChI=1S/C14H17N7O/c1-21(10-4-2-8(3-5-10)14(18)22)7-9-6-19-13(17)11(20-9)12(15)16/h2-6H,7H2,1H3,(H3,15,16)(H2,17,19)(H2,18,22). The predicted molar refractivity (Wildman–Crippen MR) is 84.5 cm³/mol. The second-order valence-corrected chi connectivity index (χ2v) is 4.78. The number of nitrogens with zero attached hydrogens (tertiary/aromatic N) is 3. The first-order valence-corrected chi connectivity index (χ1v) is 6.45. The molecule has 0 aliphatic carbocycles. The Labute approximate surface area is 127 Å². The summed E-state index contributed by atoms with van der Waals surface area (Å²) in [6.07, 6.45) is 1.54. The van der Waals surface area contributed by atoms with Crippen LogP contribution in [0.3, 0.4) is 0 Å². The highest BCUT2D eigenvalue weighted by Crippen LogP contribution is 2.16. The summed E-state index contributed by atoms with van der Waals surface area (Å²) in [5.74, 6) is -0.560. The maximum absolute atomic E-state index is 11.1. The molecule has 22 heavy (non-hydrogen) atoms. The second kappa shape index (κ2) is 6.08. The Bertz CT molecular complexity index is 712. The van der Waals surface area contributed by atoms with Crippen molar-refractivity contribution in [2.45, 2.75) is 6.54 Å². The van der Waals surface area contributed by atoms with Gasteiger partial charge < -0.3 is 22.1 Å². The van der Waals surface area contributed by atoms with Crippen LogP contribution in [-0.2, 0) is 6.54 Å². The van der Waals surface area contributed by atoms with Crippen molar-refractivity contribution in [3.63, 3.8) is 0 Å². The number of hydrogen-bond acceptors (Lipinski definition) is 6. The van der Waals surface area contributed by atoms with Crippen LogP contribution in [0.4, 0.5) is 11.5 Å². The fourth-order valence-electron chi connectivity index (χ4n) is 1.92. The Kier molecular flexibility index (Phi) is 4.21. The number of amidine groups is 1. The smallest absolute Gasteiger partial charge is 0.248 e. The maximum atomic E-state index is 11.1. The second-order valence-electron chi connectivity index (χ2n) is 4.78. The van der Waals surface area contributed by atoms with Crippen LogP contribution in [-0.4, -0.2) is 28.8 Å². The number of aromatic nitrogens is 2. The van der Waals surface area contributed by atoms with Gasteiger partial charge in [0.2, 0.25) is 5.91 Å². The molecular weight excluding hydrogens is 282 g/mol. The average molecular weight is 299 g/mol. The molecule has 0 radical (unpaired) electrons. The lowest BCUT2D eigenvalue weighted by atomic mass is 10.2. The number of amides is 1. The van der Waals surface area contributed by atoms with Gasteiger partial charge in [0.05, 0.1) is 18.4 Å². The third-order valence-electron chi connectivity index (χ3n) is 3.10. The molecule has 0 unspecified atom stereocenters. The predicted octanol–water partition coefficient (Wildman–Crippen LogP) is 0.0782. The lowest BCUT2D eigenvalue weighted by Crippen LogP contribution is -2.21. The minimum absolute atomic E-state index is 0.129. The van der Waals surface area contributed by atoms with Gasteiger partial charge in [-0.15, -0.1) is 0 Å². The third-order valence-corrected chi connectivity index (χ3v) is 3.10. The Morgan fingerprint density at radius 2 is 1.91 bits per heavy atom. The molecule has 0 spiro atoms. The summed E-state index contributed by atoms with van der Waals surface area (Å²) in [5, 5.41) is 7.42. The normalized spacial score (nSPS) is 10.2. The molecule has 0 saturated carbocycles. The van der Waals surface area contributed by atoms with Gasteiger partial charge in [0.25, 0.3) is 0 Å². The number of nitrogens with one attached hydrogen (secondary N) is 1. The van der Waals surface area contributed by atoms with E-state index < -0.39 is 5.91 Å². The lowest BCUT2D eigenvalue weighted by Gasteiger charge is -2.19. The molecule has 7 N–H and O–H groups in total.